The van der Waals surface area contributed by atoms with Gasteiger partial charge >= 0.3 is 0 Å². The normalized spacial score (nSPS) is 12.5. The van der Waals surface area contributed by atoms with E-state index < -0.39 is 0 Å². The van der Waals surface area contributed by atoms with E-state index in [9.17, 15) is 4.79 Å². The van der Waals surface area contributed by atoms with Crippen LogP contribution in [0.1, 0.15) is 28.8 Å². The molecule has 1 aromatic carbocycles. The van der Waals surface area contributed by atoms with Crippen LogP contribution in [-0.2, 0) is 6.61 Å². The summed E-state index contributed by atoms with van der Waals surface area (Å²) in [5.74, 6) is 2.32. The van der Waals surface area contributed by atoms with Crippen LogP contribution in [0.25, 0.3) is 10.1 Å². The number of thiophene rings is 1. The third-order valence-electron chi connectivity index (χ3n) is 4.30. The van der Waals surface area contributed by atoms with Crippen molar-refractivity contribution in [3.63, 3.8) is 0 Å². The number of carbonyl (C=O) groups is 1. The van der Waals surface area contributed by atoms with E-state index in [0.717, 1.165) is 15.6 Å². The number of nitrogens with two attached hydrogens (primary N) is 1. The first-order chi connectivity index (χ1) is 13.2. The summed E-state index contributed by atoms with van der Waals surface area (Å²) >= 11 is 1.44. The Morgan fingerprint density at radius 1 is 1.33 bits per heavy atom. The first kappa shape index (κ1) is 17.6. The number of anilines is 1. The summed E-state index contributed by atoms with van der Waals surface area (Å²) in [6.45, 7) is 0.486. The molecular weight excluding hydrogens is 368 g/mol. The van der Waals surface area contributed by atoms with Gasteiger partial charge in [0.25, 0.3) is 0 Å². The van der Waals surface area contributed by atoms with Crippen molar-refractivity contribution in [3.05, 3.63) is 40.9 Å². The highest BCUT2D eigenvalue weighted by Crippen LogP contribution is 2.37. The molecule has 0 fully saturated rings. The number of ether oxygens (including phenoxy) is 3. The average molecular weight is 386 g/mol. The number of benzene rings is 1. The number of hydrogen-bond acceptors (Lipinski definition) is 8. The highest BCUT2D eigenvalue weighted by molar-refractivity contribution is 7.17. The molecule has 0 saturated heterocycles. The monoisotopic (exact) mass is 386 g/mol. The van der Waals surface area contributed by atoms with E-state index in [1.165, 1.54) is 17.5 Å². The van der Waals surface area contributed by atoms with Gasteiger partial charge in [-0.1, -0.05) is 0 Å². The maximum Gasteiger partial charge on any atom is 0.231 e. The van der Waals surface area contributed by atoms with Crippen LogP contribution in [0.4, 0.5) is 5.82 Å². The van der Waals surface area contributed by atoms with Gasteiger partial charge in [0.05, 0.1) is 10.3 Å². The number of fused-ring (bicyclic) bond motifs is 2. The lowest BCUT2D eigenvalue weighted by atomic mass is 10.1. The van der Waals surface area contributed by atoms with Crippen LogP contribution in [0.5, 0.6) is 17.2 Å². The SMILES string of the molecule is Nc1ncc(C(=O)CCCO)c2scc(COc3ccc4c(c3)OCO4)c12. The molecule has 3 heterocycles. The number of aliphatic hydroxyl groups is 1. The van der Waals surface area contributed by atoms with Crippen molar-refractivity contribution in [3.8, 4) is 17.2 Å². The molecule has 0 spiro atoms. The molecule has 8 heteroatoms. The Kier molecular flexibility index (Phi) is 4.83. The van der Waals surface area contributed by atoms with Gasteiger partial charge in [-0.2, -0.15) is 0 Å². The summed E-state index contributed by atoms with van der Waals surface area (Å²) in [5.41, 5.74) is 7.47. The van der Waals surface area contributed by atoms with E-state index in [1.54, 1.807) is 12.1 Å². The summed E-state index contributed by atoms with van der Waals surface area (Å²) in [5, 5.41) is 11.6. The number of hydrogen-bond donors (Lipinski definition) is 2. The zero-order valence-corrected chi connectivity index (χ0v) is 15.3. The Hall–Kier alpha value is -2.84. The van der Waals surface area contributed by atoms with Crippen molar-refractivity contribution in [2.45, 2.75) is 19.4 Å². The first-order valence-electron chi connectivity index (χ1n) is 8.48. The fraction of sp³-hybridized carbons (Fsp3) is 0.263. The summed E-state index contributed by atoms with van der Waals surface area (Å²) in [4.78, 5) is 16.6. The minimum Gasteiger partial charge on any atom is -0.489 e. The third-order valence-corrected chi connectivity index (χ3v) is 5.36. The molecular formula is C19H18N2O5S. The summed E-state index contributed by atoms with van der Waals surface area (Å²) in [6.07, 6.45) is 2.21. The van der Waals surface area contributed by atoms with Gasteiger partial charge in [-0.25, -0.2) is 4.98 Å². The van der Waals surface area contributed by atoms with Crippen LogP contribution >= 0.6 is 11.3 Å². The highest BCUT2D eigenvalue weighted by atomic mass is 32.1. The van der Waals surface area contributed by atoms with Crippen molar-refractivity contribution in [2.75, 3.05) is 19.1 Å². The minimum atomic E-state index is -0.0494. The van der Waals surface area contributed by atoms with Crippen molar-refractivity contribution in [1.82, 2.24) is 4.98 Å². The van der Waals surface area contributed by atoms with E-state index in [0.29, 0.717) is 41.7 Å². The van der Waals surface area contributed by atoms with E-state index in [2.05, 4.69) is 4.98 Å². The fourth-order valence-electron chi connectivity index (χ4n) is 2.94. The zero-order chi connectivity index (χ0) is 18.8. The van der Waals surface area contributed by atoms with Crippen molar-refractivity contribution in [1.29, 1.82) is 0 Å². The molecule has 0 amide bonds. The van der Waals surface area contributed by atoms with Gasteiger partial charge in [0, 0.05) is 36.2 Å². The van der Waals surface area contributed by atoms with Gasteiger partial charge in [-0.3, -0.25) is 4.79 Å². The number of aliphatic hydroxyl groups excluding tert-OH is 1. The topological polar surface area (TPSA) is 104 Å². The molecule has 0 aliphatic carbocycles. The lowest BCUT2D eigenvalue weighted by Gasteiger charge is -2.08. The molecule has 0 saturated carbocycles. The number of aromatic nitrogens is 1. The van der Waals surface area contributed by atoms with Gasteiger partial charge < -0.3 is 25.1 Å². The van der Waals surface area contributed by atoms with Gasteiger partial charge in [0.1, 0.15) is 18.2 Å². The van der Waals surface area contributed by atoms with E-state index in [4.69, 9.17) is 25.1 Å². The highest BCUT2D eigenvalue weighted by Gasteiger charge is 2.18. The number of rotatable bonds is 7. The van der Waals surface area contributed by atoms with E-state index in [1.807, 2.05) is 11.4 Å². The predicted molar refractivity (Wildman–Crippen MR) is 102 cm³/mol. The van der Waals surface area contributed by atoms with Gasteiger partial charge in [0.2, 0.25) is 6.79 Å². The second-order valence-electron chi connectivity index (χ2n) is 6.08. The van der Waals surface area contributed by atoms with Crippen LogP contribution < -0.4 is 19.9 Å². The molecule has 4 rings (SSSR count). The molecule has 0 unspecified atom stereocenters. The number of nitrogen functional groups attached to an aromatic ring is 1. The Bertz CT molecular complexity index is 1000. The molecule has 0 atom stereocenters. The second kappa shape index (κ2) is 7.42. The van der Waals surface area contributed by atoms with Crippen molar-refractivity contribution < 1.29 is 24.1 Å². The maximum absolute atomic E-state index is 12.4. The molecule has 2 aromatic heterocycles. The standard InChI is InChI=1S/C19H18N2O5S/c20-19-17-11(8-24-12-3-4-15-16(6-12)26-10-25-15)9-27-18(17)13(7-21-19)14(23)2-1-5-22/h3-4,6-7,9,22H,1-2,5,8,10H2,(H2,20,21). The smallest absolute Gasteiger partial charge is 0.231 e. The largest absolute Gasteiger partial charge is 0.489 e. The summed E-state index contributed by atoms with van der Waals surface area (Å²) in [7, 11) is 0. The Morgan fingerprint density at radius 2 is 2.19 bits per heavy atom. The number of ketones is 1. The molecule has 7 nitrogen and oxygen atoms in total. The lowest BCUT2D eigenvalue weighted by Crippen LogP contribution is -2.04. The molecule has 0 radical (unpaired) electrons. The van der Waals surface area contributed by atoms with Crippen LogP contribution in [0.2, 0.25) is 0 Å². The van der Waals surface area contributed by atoms with Crippen molar-refractivity contribution >= 4 is 33.0 Å². The number of pyridine rings is 1. The van der Waals surface area contributed by atoms with Crippen LogP contribution in [0.15, 0.2) is 29.8 Å². The molecule has 0 bridgehead atoms. The predicted octanol–water partition coefficient (Wildman–Crippen LogP) is 3.14. The van der Waals surface area contributed by atoms with Crippen LogP contribution in [0.3, 0.4) is 0 Å². The van der Waals surface area contributed by atoms with Crippen LogP contribution in [0, 0.1) is 0 Å². The quantitative estimate of drug-likeness (QED) is 0.601. The van der Waals surface area contributed by atoms with Gasteiger partial charge in [0.15, 0.2) is 17.3 Å². The molecule has 140 valence electrons. The minimum absolute atomic E-state index is 0.0175. The lowest BCUT2D eigenvalue weighted by molar-refractivity contribution is 0.0972. The molecule has 1 aliphatic rings. The number of Topliss-reactive ketones (excluding diaryl/α,β-unsaturated/α-hetero) is 1. The zero-order valence-electron chi connectivity index (χ0n) is 14.4. The second-order valence-corrected chi connectivity index (χ2v) is 6.96. The fourth-order valence-corrected chi connectivity index (χ4v) is 4.03. The van der Waals surface area contributed by atoms with Gasteiger partial charge in [-0.05, 0) is 23.9 Å². The summed E-state index contributed by atoms with van der Waals surface area (Å²) in [6, 6.07) is 5.40. The molecule has 3 aromatic rings. The van der Waals surface area contributed by atoms with E-state index >= 15 is 0 Å². The molecule has 27 heavy (non-hydrogen) atoms. The van der Waals surface area contributed by atoms with Crippen molar-refractivity contribution in [2.24, 2.45) is 0 Å². The molecule has 1 aliphatic heterocycles. The number of nitrogens with zero attached hydrogens (tertiary/aromatic N) is 1. The Balaban J connectivity index is 1.58. The number of carbonyl (C=O) groups excluding carboxylic acids is 1. The van der Waals surface area contributed by atoms with Gasteiger partial charge in [-0.15, -0.1) is 11.3 Å². The van der Waals surface area contributed by atoms with Crippen LogP contribution in [-0.4, -0.2) is 29.3 Å². The summed E-state index contributed by atoms with van der Waals surface area (Å²) < 4.78 is 17.3. The average Bonchev–Trinajstić information content (AvgIpc) is 3.31. The van der Waals surface area contributed by atoms with E-state index in [-0.39, 0.29) is 25.6 Å². The third kappa shape index (κ3) is 3.41. The molecule has 3 N–H and O–H groups in total. The Labute approximate surface area is 159 Å². The Morgan fingerprint density at radius 3 is 3.04 bits per heavy atom. The first-order valence-corrected chi connectivity index (χ1v) is 9.36. The maximum atomic E-state index is 12.4.